The number of nitrogens with zero attached hydrogens (tertiary/aromatic N) is 1. The fraction of sp³-hybridized carbons (Fsp3) is 0.667. The van der Waals surface area contributed by atoms with Gasteiger partial charge in [-0.1, -0.05) is 0 Å². The summed E-state index contributed by atoms with van der Waals surface area (Å²) in [6, 6.07) is 0. The number of aromatic nitrogens is 2. The number of thioether (sulfide) groups is 1. The van der Waals surface area contributed by atoms with Crippen molar-refractivity contribution in [3.05, 3.63) is 17.7 Å². The molecule has 1 aliphatic heterocycles. The topological polar surface area (TPSA) is 28.7 Å². The Morgan fingerprint density at radius 3 is 3.15 bits per heavy atom. The maximum Gasteiger partial charge on any atom is 0.122 e. The van der Waals surface area contributed by atoms with Crippen LogP contribution in [-0.4, -0.2) is 15.7 Å². The SMILES string of the molecule is CC1(c2ncc(CCl)[nH]2)CCCS1. The highest BCUT2D eigenvalue weighted by molar-refractivity contribution is 8.00. The molecule has 0 saturated carbocycles. The van der Waals surface area contributed by atoms with Crippen LogP contribution >= 0.6 is 23.4 Å². The fourth-order valence-electron chi connectivity index (χ4n) is 1.66. The van der Waals surface area contributed by atoms with Gasteiger partial charge in [0.2, 0.25) is 0 Å². The van der Waals surface area contributed by atoms with E-state index in [1.54, 1.807) is 0 Å². The van der Waals surface area contributed by atoms with Crippen LogP contribution in [-0.2, 0) is 10.6 Å². The molecule has 1 aromatic heterocycles. The van der Waals surface area contributed by atoms with E-state index in [4.69, 9.17) is 11.6 Å². The summed E-state index contributed by atoms with van der Waals surface area (Å²) in [5, 5.41) is 0. The van der Waals surface area contributed by atoms with Crippen molar-refractivity contribution in [1.82, 2.24) is 9.97 Å². The number of alkyl halides is 1. The monoisotopic (exact) mass is 216 g/mol. The fourth-order valence-corrected chi connectivity index (χ4v) is 3.07. The summed E-state index contributed by atoms with van der Waals surface area (Å²) in [6.45, 7) is 2.25. The molecule has 1 atom stereocenters. The molecule has 13 heavy (non-hydrogen) atoms. The Morgan fingerprint density at radius 1 is 1.77 bits per heavy atom. The van der Waals surface area contributed by atoms with Crippen LogP contribution in [0.4, 0.5) is 0 Å². The molecule has 0 aromatic carbocycles. The molecular formula is C9H13ClN2S. The van der Waals surface area contributed by atoms with Crippen LogP contribution in [0.3, 0.4) is 0 Å². The van der Waals surface area contributed by atoms with Crippen LogP contribution in [0.25, 0.3) is 0 Å². The molecule has 72 valence electrons. The number of hydrogen-bond donors (Lipinski definition) is 1. The summed E-state index contributed by atoms with van der Waals surface area (Å²) in [7, 11) is 0. The van der Waals surface area contributed by atoms with Crippen LogP contribution in [0.1, 0.15) is 31.3 Å². The number of aromatic amines is 1. The number of nitrogens with one attached hydrogen (secondary N) is 1. The van der Waals surface area contributed by atoms with Gasteiger partial charge in [0.05, 0.1) is 10.6 Å². The normalized spacial score (nSPS) is 28.2. The van der Waals surface area contributed by atoms with Gasteiger partial charge >= 0.3 is 0 Å². The Labute approximate surface area is 87.5 Å². The van der Waals surface area contributed by atoms with Gasteiger partial charge < -0.3 is 4.98 Å². The van der Waals surface area contributed by atoms with Crippen molar-refractivity contribution in [2.24, 2.45) is 0 Å². The first-order valence-corrected chi connectivity index (χ1v) is 6.01. The molecule has 2 heterocycles. The zero-order valence-electron chi connectivity index (χ0n) is 7.64. The van der Waals surface area contributed by atoms with Crippen molar-refractivity contribution in [2.45, 2.75) is 30.4 Å². The minimum Gasteiger partial charge on any atom is -0.344 e. The zero-order valence-corrected chi connectivity index (χ0v) is 9.21. The van der Waals surface area contributed by atoms with Gasteiger partial charge in [0.15, 0.2) is 0 Å². The van der Waals surface area contributed by atoms with E-state index in [2.05, 4.69) is 16.9 Å². The molecule has 0 radical (unpaired) electrons. The van der Waals surface area contributed by atoms with Crippen molar-refractivity contribution >= 4 is 23.4 Å². The molecule has 2 rings (SSSR count). The van der Waals surface area contributed by atoms with E-state index in [-0.39, 0.29) is 4.75 Å². The minimum absolute atomic E-state index is 0.199. The summed E-state index contributed by atoms with van der Waals surface area (Å²) >= 11 is 7.70. The molecule has 1 aromatic rings. The molecule has 0 amide bonds. The quantitative estimate of drug-likeness (QED) is 0.771. The van der Waals surface area contributed by atoms with Crippen LogP contribution in [0.15, 0.2) is 6.20 Å². The summed E-state index contributed by atoms with van der Waals surface area (Å²) in [6.07, 6.45) is 4.34. The van der Waals surface area contributed by atoms with Crippen molar-refractivity contribution < 1.29 is 0 Å². The third-order valence-corrected chi connectivity index (χ3v) is 4.31. The van der Waals surface area contributed by atoms with Gasteiger partial charge in [-0.2, -0.15) is 0 Å². The molecule has 0 bridgehead atoms. The average Bonchev–Trinajstić information content (AvgIpc) is 2.72. The Morgan fingerprint density at radius 2 is 2.62 bits per heavy atom. The van der Waals surface area contributed by atoms with Crippen molar-refractivity contribution in [1.29, 1.82) is 0 Å². The van der Waals surface area contributed by atoms with Gasteiger partial charge in [-0.3, -0.25) is 0 Å². The molecule has 2 nitrogen and oxygen atoms in total. The van der Waals surface area contributed by atoms with Crippen molar-refractivity contribution in [2.75, 3.05) is 5.75 Å². The first-order chi connectivity index (χ1) is 6.24. The van der Waals surface area contributed by atoms with Crippen LogP contribution in [0, 0.1) is 0 Å². The van der Waals surface area contributed by atoms with Gasteiger partial charge in [0.25, 0.3) is 0 Å². The molecule has 0 spiro atoms. The second-order valence-corrected chi connectivity index (χ2v) is 5.44. The van der Waals surface area contributed by atoms with Crippen molar-refractivity contribution in [3.8, 4) is 0 Å². The second kappa shape index (κ2) is 3.54. The standard InChI is InChI=1S/C9H13ClN2S/c1-9(3-2-4-13-9)8-11-6-7(5-10)12-8/h6H,2-5H2,1H3,(H,11,12). The largest absolute Gasteiger partial charge is 0.344 e. The number of halogens is 1. The Balaban J connectivity index is 2.23. The molecule has 1 fully saturated rings. The molecular weight excluding hydrogens is 204 g/mol. The Bertz CT molecular complexity index is 292. The maximum absolute atomic E-state index is 5.71. The van der Waals surface area contributed by atoms with Crippen molar-refractivity contribution in [3.63, 3.8) is 0 Å². The van der Waals surface area contributed by atoms with E-state index in [1.165, 1.54) is 18.6 Å². The lowest BCUT2D eigenvalue weighted by atomic mass is 10.1. The third-order valence-electron chi connectivity index (χ3n) is 2.49. The van der Waals surface area contributed by atoms with Crippen LogP contribution in [0.2, 0.25) is 0 Å². The summed E-state index contributed by atoms with van der Waals surface area (Å²) < 4.78 is 0.199. The highest BCUT2D eigenvalue weighted by Gasteiger charge is 2.33. The van der Waals surface area contributed by atoms with E-state index >= 15 is 0 Å². The number of H-pyrrole nitrogens is 1. The van der Waals surface area contributed by atoms with Gasteiger partial charge in [0.1, 0.15) is 5.82 Å². The smallest absolute Gasteiger partial charge is 0.122 e. The predicted octanol–water partition coefficient (Wildman–Crippen LogP) is 2.89. The molecule has 1 unspecified atom stereocenters. The van der Waals surface area contributed by atoms with E-state index in [1.807, 2.05) is 18.0 Å². The highest BCUT2D eigenvalue weighted by Crippen LogP contribution is 2.44. The van der Waals surface area contributed by atoms with Gasteiger partial charge in [-0.05, 0) is 25.5 Å². The summed E-state index contributed by atoms with van der Waals surface area (Å²) in [5.41, 5.74) is 1.02. The van der Waals surface area contributed by atoms with Gasteiger partial charge in [-0.25, -0.2) is 4.98 Å². The average molecular weight is 217 g/mol. The lowest BCUT2D eigenvalue weighted by molar-refractivity contribution is 0.611. The number of hydrogen-bond acceptors (Lipinski definition) is 2. The van der Waals surface area contributed by atoms with E-state index < -0.39 is 0 Å². The van der Waals surface area contributed by atoms with Crippen LogP contribution < -0.4 is 0 Å². The molecule has 1 N–H and O–H groups in total. The molecule has 1 aliphatic rings. The first-order valence-electron chi connectivity index (χ1n) is 4.49. The molecule has 1 saturated heterocycles. The zero-order chi connectivity index (χ0) is 9.31. The van der Waals surface area contributed by atoms with E-state index in [9.17, 15) is 0 Å². The highest BCUT2D eigenvalue weighted by atomic mass is 35.5. The van der Waals surface area contributed by atoms with Gasteiger partial charge in [-0.15, -0.1) is 23.4 Å². The number of imidazole rings is 1. The predicted molar refractivity (Wildman–Crippen MR) is 57.2 cm³/mol. The van der Waals surface area contributed by atoms with E-state index in [0.29, 0.717) is 5.88 Å². The van der Waals surface area contributed by atoms with Gasteiger partial charge in [0, 0.05) is 11.9 Å². The molecule has 0 aliphatic carbocycles. The Kier molecular flexibility index (Phi) is 2.56. The first kappa shape index (κ1) is 9.41. The minimum atomic E-state index is 0.199. The summed E-state index contributed by atoms with van der Waals surface area (Å²) in [5.74, 6) is 2.85. The van der Waals surface area contributed by atoms with Crippen LogP contribution in [0.5, 0.6) is 0 Å². The summed E-state index contributed by atoms with van der Waals surface area (Å²) in [4.78, 5) is 7.66. The second-order valence-electron chi connectivity index (χ2n) is 3.57. The lowest BCUT2D eigenvalue weighted by Crippen LogP contribution is -2.14. The van der Waals surface area contributed by atoms with E-state index in [0.717, 1.165) is 11.5 Å². The third kappa shape index (κ3) is 1.72. The maximum atomic E-state index is 5.71. The molecule has 4 heteroatoms. The number of rotatable bonds is 2. The lowest BCUT2D eigenvalue weighted by Gasteiger charge is -2.19. The Hall–Kier alpha value is -0.150.